The molecule has 0 radical (unpaired) electrons. The largest absolute Gasteiger partial charge is 0.394 e. The van der Waals surface area contributed by atoms with Gasteiger partial charge in [0.1, 0.15) is 11.6 Å². The molecule has 10 heteroatoms. The Balaban J connectivity index is 2.32. The molecule has 0 spiro atoms. The number of aliphatic hydroxyl groups excluding tert-OH is 1. The van der Waals surface area contributed by atoms with Crippen LogP contribution in [-0.2, 0) is 4.74 Å². The molecule has 1 atom stereocenters. The van der Waals surface area contributed by atoms with Gasteiger partial charge in [-0.05, 0) is 18.2 Å². The molecule has 3 aromatic rings. The average Bonchev–Trinajstić information content (AvgIpc) is 2.64. The first-order valence-corrected chi connectivity index (χ1v) is 9.42. The van der Waals surface area contributed by atoms with Crippen LogP contribution in [0.5, 0.6) is 0 Å². The fourth-order valence-electron chi connectivity index (χ4n) is 2.70. The van der Waals surface area contributed by atoms with E-state index >= 15 is 0 Å². The Kier molecular flexibility index (Phi) is 6.19. The number of aromatic amines is 2. The quantitative estimate of drug-likeness (QED) is 0.525. The lowest BCUT2D eigenvalue weighted by molar-refractivity contribution is 0.0656. The zero-order valence-corrected chi connectivity index (χ0v) is 16.1. The second kappa shape index (κ2) is 8.44. The third-order valence-corrected chi connectivity index (χ3v) is 5.63. The summed E-state index contributed by atoms with van der Waals surface area (Å²) in [7, 11) is 1.42. The van der Waals surface area contributed by atoms with Crippen LogP contribution >= 0.6 is 23.4 Å². The number of ether oxygens (including phenoxy) is 1. The first-order valence-electron chi connectivity index (χ1n) is 8.06. The number of methoxy groups -OCH3 is 1. The highest BCUT2D eigenvalue weighted by molar-refractivity contribution is 7.99. The number of aliphatic hydroxyl groups is 1. The Hall–Kier alpha value is -2.20. The van der Waals surface area contributed by atoms with Crippen molar-refractivity contribution in [1.29, 1.82) is 0 Å². The SMILES string of the molecule is COC(CO)CSc1c(-c2ccc(F)cc2F)c(Cl)cc2c(=O)[nH]c(=O)[nH]c12. The molecule has 0 amide bonds. The third kappa shape index (κ3) is 3.97. The minimum absolute atomic E-state index is 0.00916. The fraction of sp³-hybridized carbons (Fsp3) is 0.222. The number of nitrogens with one attached hydrogen (secondary N) is 2. The summed E-state index contributed by atoms with van der Waals surface area (Å²) in [5.74, 6) is -1.37. The summed E-state index contributed by atoms with van der Waals surface area (Å²) in [6.07, 6.45) is -0.543. The number of rotatable bonds is 6. The molecule has 1 aromatic heterocycles. The molecule has 1 unspecified atom stereocenters. The van der Waals surface area contributed by atoms with Crippen molar-refractivity contribution in [3.05, 3.63) is 61.8 Å². The van der Waals surface area contributed by atoms with Crippen molar-refractivity contribution < 1.29 is 18.6 Å². The van der Waals surface area contributed by atoms with E-state index in [0.717, 1.165) is 23.9 Å². The van der Waals surface area contributed by atoms with E-state index in [0.29, 0.717) is 4.90 Å². The van der Waals surface area contributed by atoms with Crippen molar-refractivity contribution in [3.8, 4) is 11.1 Å². The molecule has 6 nitrogen and oxygen atoms in total. The molecule has 3 rings (SSSR count). The Morgan fingerprint density at radius 1 is 1.25 bits per heavy atom. The van der Waals surface area contributed by atoms with E-state index in [1.165, 1.54) is 19.2 Å². The summed E-state index contributed by atoms with van der Waals surface area (Å²) in [6.45, 7) is -0.265. The Morgan fingerprint density at radius 2 is 2.00 bits per heavy atom. The molecule has 1 heterocycles. The lowest BCUT2D eigenvalue weighted by Gasteiger charge is -2.17. The van der Waals surface area contributed by atoms with Gasteiger partial charge in [-0.2, -0.15) is 0 Å². The molecule has 2 aromatic carbocycles. The average molecular weight is 429 g/mol. The number of thioether (sulfide) groups is 1. The Labute approximate surface area is 166 Å². The number of aromatic nitrogens is 2. The number of hydrogen-bond donors (Lipinski definition) is 3. The minimum Gasteiger partial charge on any atom is -0.394 e. The zero-order chi connectivity index (χ0) is 20.4. The van der Waals surface area contributed by atoms with Gasteiger partial charge in [-0.3, -0.25) is 9.78 Å². The lowest BCUT2D eigenvalue weighted by Crippen LogP contribution is -2.23. The molecule has 148 valence electrons. The van der Waals surface area contributed by atoms with E-state index in [1.807, 2.05) is 0 Å². The molecule has 0 aliphatic carbocycles. The highest BCUT2D eigenvalue weighted by Gasteiger charge is 2.21. The summed E-state index contributed by atoms with van der Waals surface area (Å²) in [4.78, 5) is 29.0. The van der Waals surface area contributed by atoms with E-state index in [9.17, 15) is 23.5 Å². The van der Waals surface area contributed by atoms with E-state index in [-0.39, 0.29) is 39.4 Å². The molecule has 0 bridgehead atoms. The van der Waals surface area contributed by atoms with Crippen LogP contribution in [0.3, 0.4) is 0 Å². The highest BCUT2D eigenvalue weighted by Crippen LogP contribution is 2.42. The van der Waals surface area contributed by atoms with Crippen LogP contribution in [-0.4, -0.2) is 40.6 Å². The summed E-state index contributed by atoms with van der Waals surface area (Å²) in [6, 6.07) is 4.34. The van der Waals surface area contributed by atoms with Gasteiger partial charge < -0.3 is 14.8 Å². The van der Waals surface area contributed by atoms with E-state index in [1.54, 1.807) is 0 Å². The standard InChI is InChI=1S/C18H15ClF2N2O4S/c1-27-9(6-24)7-28-16-14(10-3-2-8(20)4-13(10)21)12(19)5-11-15(16)22-18(26)23-17(11)25/h2-5,9,24H,6-7H2,1H3,(H2,22,23,25,26). The van der Waals surface area contributed by atoms with Crippen LogP contribution in [0.4, 0.5) is 8.78 Å². The predicted molar refractivity (Wildman–Crippen MR) is 104 cm³/mol. The van der Waals surface area contributed by atoms with Crippen molar-refractivity contribution in [1.82, 2.24) is 9.97 Å². The van der Waals surface area contributed by atoms with E-state index in [4.69, 9.17) is 16.3 Å². The van der Waals surface area contributed by atoms with Gasteiger partial charge >= 0.3 is 5.69 Å². The summed E-state index contributed by atoms with van der Waals surface area (Å²) >= 11 is 7.47. The van der Waals surface area contributed by atoms with Gasteiger partial charge in [0.25, 0.3) is 5.56 Å². The maximum Gasteiger partial charge on any atom is 0.326 e. The van der Waals surface area contributed by atoms with Gasteiger partial charge in [-0.25, -0.2) is 13.6 Å². The topological polar surface area (TPSA) is 95.2 Å². The summed E-state index contributed by atoms with van der Waals surface area (Å²) in [5, 5.41) is 9.50. The lowest BCUT2D eigenvalue weighted by atomic mass is 10.0. The second-order valence-electron chi connectivity index (χ2n) is 5.87. The van der Waals surface area contributed by atoms with Gasteiger partial charge in [-0.15, -0.1) is 11.8 Å². The van der Waals surface area contributed by atoms with E-state index in [2.05, 4.69) is 9.97 Å². The molecule has 0 saturated heterocycles. The van der Waals surface area contributed by atoms with Crippen LogP contribution in [0.2, 0.25) is 5.02 Å². The van der Waals surface area contributed by atoms with Crippen LogP contribution in [0.15, 0.2) is 38.8 Å². The maximum absolute atomic E-state index is 14.5. The minimum atomic E-state index is -0.847. The van der Waals surface area contributed by atoms with Gasteiger partial charge in [0.05, 0.1) is 28.6 Å². The maximum atomic E-state index is 14.5. The van der Waals surface area contributed by atoms with Gasteiger partial charge in [0.2, 0.25) is 0 Å². The molecular weight excluding hydrogens is 414 g/mol. The molecule has 28 heavy (non-hydrogen) atoms. The van der Waals surface area contributed by atoms with Crippen LogP contribution < -0.4 is 11.2 Å². The van der Waals surface area contributed by atoms with E-state index < -0.39 is 29.0 Å². The van der Waals surface area contributed by atoms with Crippen LogP contribution in [0.25, 0.3) is 22.0 Å². The Morgan fingerprint density at radius 3 is 2.64 bits per heavy atom. The van der Waals surface area contributed by atoms with Crippen LogP contribution in [0.1, 0.15) is 0 Å². The number of benzene rings is 2. The van der Waals surface area contributed by atoms with Gasteiger partial charge in [-0.1, -0.05) is 11.6 Å². The first kappa shape index (κ1) is 20.5. The zero-order valence-electron chi connectivity index (χ0n) is 14.5. The third-order valence-electron chi connectivity index (χ3n) is 4.09. The molecule has 0 fully saturated rings. The highest BCUT2D eigenvalue weighted by atomic mass is 35.5. The molecule has 0 saturated carbocycles. The van der Waals surface area contributed by atoms with Gasteiger partial charge in [0, 0.05) is 35.0 Å². The van der Waals surface area contributed by atoms with Crippen LogP contribution in [0, 0.1) is 11.6 Å². The number of fused-ring (bicyclic) bond motifs is 1. The Bertz CT molecular complexity index is 1140. The summed E-state index contributed by atoms with van der Waals surface area (Å²) < 4.78 is 33.0. The van der Waals surface area contributed by atoms with Crippen molar-refractivity contribution in [2.45, 2.75) is 11.0 Å². The van der Waals surface area contributed by atoms with Crippen molar-refractivity contribution in [2.24, 2.45) is 0 Å². The molecule has 3 N–H and O–H groups in total. The molecular formula is C18H15ClF2N2O4S. The molecule has 0 aliphatic rings. The fourth-order valence-corrected chi connectivity index (χ4v) is 4.33. The number of H-pyrrole nitrogens is 2. The summed E-state index contributed by atoms with van der Waals surface area (Å²) in [5.41, 5.74) is -1.02. The van der Waals surface area contributed by atoms with Crippen molar-refractivity contribution >= 4 is 34.3 Å². The number of halogens is 3. The normalized spacial score (nSPS) is 12.5. The first-order chi connectivity index (χ1) is 13.3. The predicted octanol–water partition coefficient (Wildman–Crippen LogP) is 2.91. The van der Waals surface area contributed by atoms with Crippen molar-refractivity contribution in [2.75, 3.05) is 19.5 Å². The smallest absolute Gasteiger partial charge is 0.326 e. The van der Waals surface area contributed by atoms with Crippen molar-refractivity contribution in [3.63, 3.8) is 0 Å². The molecule has 0 aliphatic heterocycles. The van der Waals surface area contributed by atoms with Gasteiger partial charge in [0.15, 0.2) is 0 Å². The number of hydrogen-bond acceptors (Lipinski definition) is 5. The monoisotopic (exact) mass is 428 g/mol. The second-order valence-corrected chi connectivity index (χ2v) is 7.31.